The van der Waals surface area contributed by atoms with Crippen LogP contribution < -0.4 is 10.1 Å². The van der Waals surface area contributed by atoms with Gasteiger partial charge in [0, 0.05) is 25.2 Å². The molecule has 0 amide bonds. The number of likely N-dealkylation sites (tertiary alicyclic amines) is 1. The van der Waals surface area contributed by atoms with E-state index in [1.54, 1.807) is 0 Å². The molecule has 0 saturated carbocycles. The monoisotopic (exact) mass is 262 g/mol. The number of hydrogen-bond acceptors (Lipinski definition) is 3. The second-order valence-corrected chi connectivity index (χ2v) is 5.54. The lowest BCUT2D eigenvalue weighted by molar-refractivity contribution is 0.268. The number of hydrogen-bond donors (Lipinski definition) is 1. The zero-order valence-electron chi connectivity index (χ0n) is 12.4. The van der Waals surface area contributed by atoms with Crippen molar-refractivity contribution in [3.63, 3.8) is 0 Å². The second kappa shape index (κ2) is 6.92. The predicted octanol–water partition coefficient (Wildman–Crippen LogP) is 2.66. The molecule has 1 saturated heterocycles. The Bertz CT molecular complexity index is 392. The van der Waals surface area contributed by atoms with Crippen molar-refractivity contribution >= 4 is 0 Å². The molecule has 0 radical (unpaired) electrons. The fourth-order valence-corrected chi connectivity index (χ4v) is 2.60. The molecule has 106 valence electrons. The number of nitrogens with one attached hydrogen (secondary N) is 1. The van der Waals surface area contributed by atoms with Crippen molar-refractivity contribution in [2.24, 2.45) is 0 Å². The molecule has 3 heteroatoms. The Hall–Kier alpha value is -1.06. The number of benzene rings is 1. The maximum atomic E-state index is 5.53. The summed E-state index contributed by atoms with van der Waals surface area (Å²) in [7, 11) is 0. The van der Waals surface area contributed by atoms with E-state index in [0.717, 1.165) is 18.9 Å². The molecular formula is C16H26N2O. The molecule has 1 N–H and O–H groups in total. The maximum absolute atomic E-state index is 5.53. The Morgan fingerprint density at radius 2 is 2.26 bits per heavy atom. The van der Waals surface area contributed by atoms with Gasteiger partial charge in [0.15, 0.2) is 0 Å². The van der Waals surface area contributed by atoms with Gasteiger partial charge in [-0.05, 0) is 51.4 Å². The van der Waals surface area contributed by atoms with Gasteiger partial charge < -0.3 is 10.1 Å². The van der Waals surface area contributed by atoms with Crippen LogP contribution in [0.2, 0.25) is 0 Å². The van der Waals surface area contributed by atoms with Crippen LogP contribution in [0.1, 0.15) is 32.8 Å². The Kier molecular flexibility index (Phi) is 5.23. The van der Waals surface area contributed by atoms with Crippen molar-refractivity contribution in [1.82, 2.24) is 10.2 Å². The third kappa shape index (κ3) is 4.22. The van der Waals surface area contributed by atoms with Crippen molar-refractivity contribution < 1.29 is 4.74 Å². The molecule has 0 spiro atoms. The normalized spacial score (nSPS) is 20.1. The van der Waals surface area contributed by atoms with E-state index in [4.69, 9.17) is 4.74 Å². The van der Waals surface area contributed by atoms with Gasteiger partial charge >= 0.3 is 0 Å². The van der Waals surface area contributed by atoms with Crippen LogP contribution in [-0.2, 0) is 6.54 Å². The number of nitrogens with zero attached hydrogens (tertiary/aromatic N) is 1. The first kappa shape index (κ1) is 14.4. The highest BCUT2D eigenvalue weighted by Crippen LogP contribution is 2.15. The highest BCUT2D eigenvalue weighted by atomic mass is 16.5. The first-order valence-corrected chi connectivity index (χ1v) is 7.38. The summed E-state index contributed by atoms with van der Waals surface area (Å²) < 4.78 is 5.53. The largest absolute Gasteiger partial charge is 0.494 e. The molecule has 1 unspecified atom stereocenters. The average Bonchev–Trinajstić information content (AvgIpc) is 2.86. The van der Waals surface area contributed by atoms with Crippen molar-refractivity contribution in [1.29, 1.82) is 0 Å². The van der Waals surface area contributed by atoms with Gasteiger partial charge in [-0.2, -0.15) is 0 Å². The van der Waals surface area contributed by atoms with Crippen LogP contribution in [0.25, 0.3) is 0 Å². The Morgan fingerprint density at radius 1 is 1.42 bits per heavy atom. The third-order valence-electron chi connectivity index (χ3n) is 3.75. The van der Waals surface area contributed by atoms with Crippen LogP contribution in [0.4, 0.5) is 0 Å². The predicted molar refractivity (Wildman–Crippen MR) is 79.6 cm³/mol. The standard InChI is InChI=1S/C16H26N2O/c1-4-19-16-7-5-6-14(10-16)11-17-15-8-9-18(12-15)13(2)3/h5-7,10,13,15,17H,4,8-9,11-12H2,1-3H3. The lowest BCUT2D eigenvalue weighted by Gasteiger charge is -2.20. The van der Waals surface area contributed by atoms with E-state index < -0.39 is 0 Å². The number of rotatable bonds is 6. The van der Waals surface area contributed by atoms with Crippen LogP contribution in [0.5, 0.6) is 5.75 Å². The smallest absolute Gasteiger partial charge is 0.119 e. The van der Waals surface area contributed by atoms with E-state index >= 15 is 0 Å². The van der Waals surface area contributed by atoms with E-state index in [-0.39, 0.29) is 0 Å². The second-order valence-electron chi connectivity index (χ2n) is 5.54. The van der Waals surface area contributed by atoms with E-state index in [1.165, 1.54) is 25.1 Å². The molecule has 2 rings (SSSR count). The summed E-state index contributed by atoms with van der Waals surface area (Å²) in [5.41, 5.74) is 1.30. The van der Waals surface area contributed by atoms with Gasteiger partial charge in [0.05, 0.1) is 6.61 Å². The van der Waals surface area contributed by atoms with Gasteiger partial charge in [-0.25, -0.2) is 0 Å². The molecule has 1 aromatic rings. The van der Waals surface area contributed by atoms with Crippen LogP contribution >= 0.6 is 0 Å². The summed E-state index contributed by atoms with van der Waals surface area (Å²) >= 11 is 0. The number of ether oxygens (including phenoxy) is 1. The molecule has 19 heavy (non-hydrogen) atoms. The Morgan fingerprint density at radius 3 is 2.95 bits per heavy atom. The molecule has 3 nitrogen and oxygen atoms in total. The molecule has 1 fully saturated rings. The summed E-state index contributed by atoms with van der Waals surface area (Å²) in [5, 5.41) is 3.65. The van der Waals surface area contributed by atoms with Crippen molar-refractivity contribution in [2.75, 3.05) is 19.7 Å². The first-order valence-electron chi connectivity index (χ1n) is 7.38. The minimum Gasteiger partial charge on any atom is -0.494 e. The van der Waals surface area contributed by atoms with Crippen molar-refractivity contribution in [2.45, 2.75) is 45.8 Å². The molecule has 1 atom stereocenters. The SMILES string of the molecule is CCOc1cccc(CNC2CCN(C(C)C)C2)c1. The average molecular weight is 262 g/mol. The van der Waals surface area contributed by atoms with Gasteiger partial charge in [0.25, 0.3) is 0 Å². The molecule has 1 aromatic carbocycles. The summed E-state index contributed by atoms with van der Waals surface area (Å²) in [4.78, 5) is 2.54. The van der Waals surface area contributed by atoms with Crippen molar-refractivity contribution in [3.05, 3.63) is 29.8 Å². The Balaban J connectivity index is 1.81. The summed E-state index contributed by atoms with van der Waals surface area (Å²) in [6.45, 7) is 10.6. The van der Waals surface area contributed by atoms with E-state index in [2.05, 4.69) is 42.3 Å². The third-order valence-corrected chi connectivity index (χ3v) is 3.75. The topological polar surface area (TPSA) is 24.5 Å². The fourth-order valence-electron chi connectivity index (χ4n) is 2.60. The van der Waals surface area contributed by atoms with Gasteiger partial charge in [-0.1, -0.05) is 12.1 Å². The molecule has 1 heterocycles. The molecule has 0 aromatic heterocycles. The summed E-state index contributed by atoms with van der Waals surface area (Å²) in [6.07, 6.45) is 1.25. The molecular weight excluding hydrogens is 236 g/mol. The molecule has 1 aliphatic heterocycles. The first-order chi connectivity index (χ1) is 9.19. The van der Waals surface area contributed by atoms with E-state index in [0.29, 0.717) is 12.1 Å². The van der Waals surface area contributed by atoms with Gasteiger partial charge in [0.2, 0.25) is 0 Å². The van der Waals surface area contributed by atoms with E-state index in [1.807, 2.05) is 13.0 Å². The minimum absolute atomic E-state index is 0.623. The highest BCUT2D eigenvalue weighted by molar-refractivity contribution is 5.28. The van der Waals surface area contributed by atoms with Crippen LogP contribution in [0.3, 0.4) is 0 Å². The lowest BCUT2D eigenvalue weighted by Crippen LogP contribution is -2.34. The molecule has 1 aliphatic rings. The van der Waals surface area contributed by atoms with Crippen LogP contribution in [0, 0.1) is 0 Å². The van der Waals surface area contributed by atoms with Gasteiger partial charge in [0.1, 0.15) is 5.75 Å². The fraction of sp³-hybridized carbons (Fsp3) is 0.625. The Labute approximate surface area is 116 Å². The van der Waals surface area contributed by atoms with Crippen LogP contribution in [0.15, 0.2) is 24.3 Å². The maximum Gasteiger partial charge on any atom is 0.119 e. The van der Waals surface area contributed by atoms with E-state index in [9.17, 15) is 0 Å². The summed E-state index contributed by atoms with van der Waals surface area (Å²) in [5.74, 6) is 0.969. The zero-order valence-corrected chi connectivity index (χ0v) is 12.4. The lowest BCUT2D eigenvalue weighted by atomic mass is 10.2. The zero-order chi connectivity index (χ0) is 13.7. The van der Waals surface area contributed by atoms with Crippen molar-refractivity contribution in [3.8, 4) is 5.75 Å². The van der Waals surface area contributed by atoms with Crippen LogP contribution in [-0.4, -0.2) is 36.7 Å². The molecule has 0 aliphatic carbocycles. The highest BCUT2D eigenvalue weighted by Gasteiger charge is 2.23. The molecule has 0 bridgehead atoms. The summed E-state index contributed by atoms with van der Waals surface area (Å²) in [6, 6.07) is 9.66. The quantitative estimate of drug-likeness (QED) is 0.853. The van der Waals surface area contributed by atoms with Gasteiger partial charge in [-0.15, -0.1) is 0 Å². The minimum atomic E-state index is 0.623. The van der Waals surface area contributed by atoms with Gasteiger partial charge in [-0.3, -0.25) is 4.90 Å².